The smallest absolute Gasteiger partial charge is 0.354 e. The van der Waals surface area contributed by atoms with E-state index in [2.05, 4.69) is 53.0 Å². The minimum Gasteiger partial charge on any atom is -0.477 e. The second kappa shape index (κ2) is 6.15. The van der Waals surface area contributed by atoms with Crippen molar-refractivity contribution in [2.24, 2.45) is 11.8 Å². The molecule has 3 atom stereocenters. The molecule has 1 N–H and O–H groups in total. The van der Waals surface area contributed by atoms with E-state index in [-0.39, 0.29) is 5.69 Å². The first kappa shape index (κ1) is 16.1. The fourth-order valence-electron chi connectivity index (χ4n) is 4.59. The SMILES string of the molecule is Cc1ccccc1[C@H]1[C@@H]2CN(c3ccnc(C(=O)O)c3)C[C@@H]2CN1C. The predicted molar refractivity (Wildman–Crippen MR) is 96.9 cm³/mol. The number of aryl methyl sites for hydroxylation is 1. The molecule has 1 aromatic carbocycles. The number of anilines is 1. The molecule has 2 aliphatic rings. The lowest BCUT2D eigenvalue weighted by Gasteiger charge is -2.28. The van der Waals surface area contributed by atoms with Crippen LogP contribution in [0.15, 0.2) is 42.6 Å². The molecule has 0 bridgehead atoms. The maximum atomic E-state index is 11.2. The highest BCUT2D eigenvalue weighted by Crippen LogP contribution is 2.45. The number of carboxylic acids is 1. The molecule has 0 spiro atoms. The summed E-state index contributed by atoms with van der Waals surface area (Å²) < 4.78 is 0. The van der Waals surface area contributed by atoms with Gasteiger partial charge in [0.1, 0.15) is 5.69 Å². The van der Waals surface area contributed by atoms with Gasteiger partial charge in [-0.25, -0.2) is 9.78 Å². The van der Waals surface area contributed by atoms with Crippen LogP contribution in [0.2, 0.25) is 0 Å². The van der Waals surface area contributed by atoms with Crippen LogP contribution in [0.25, 0.3) is 0 Å². The predicted octanol–water partition coefficient (Wildman–Crippen LogP) is 2.83. The molecule has 0 amide bonds. The number of rotatable bonds is 3. The van der Waals surface area contributed by atoms with Crippen LogP contribution in [-0.2, 0) is 0 Å². The highest BCUT2D eigenvalue weighted by Gasteiger charge is 2.46. The zero-order valence-corrected chi connectivity index (χ0v) is 14.6. The second-order valence-electron chi connectivity index (χ2n) is 7.27. The van der Waals surface area contributed by atoms with Gasteiger partial charge < -0.3 is 10.0 Å². The summed E-state index contributed by atoms with van der Waals surface area (Å²) in [7, 11) is 2.22. The monoisotopic (exact) mass is 337 g/mol. The van der Waals surface area contributed by atoms with Gasteiger partial charge in [0.25, 0.3) is 0 Å². The van der Waals surface area contributed by atoms with Crippen molar-refractivity contribution >= 4 is 11.7 Å². The van der Waals surface area contributed by atoms with Crippen molar-refractivity contribution in [1.82, 2.24) is 9.88 Å². The third-order valence-electron chi connectivity index (χ3n) is 5.73. The lowest BCUT2D eigenvalue weighted by molar-refractivity contribution is 0.0690. The van der Waals surface area contributed by atoms with Crippen LogP contribution in [-0.4, -0.2) is 47.6 Å². The van der Waals surface area contributed by atoms with Gasteiger partial charge in [-0.2, -0.15) is 0 Å². The molecule has 3 heterocycles. The summed E-state index contributed by atoms with van der Waals surface area (Å²) in [6.45, 7) is 5.19. The van der Waals surface area contributed by atoms with Gasteiger partial charge in [0.15, 0.2) is 0 Å². The Labute approximate surface area is 147 Å². The van der Waals surface area contributed by atoms with Crippen LogP contribution >= 0.6 is 0 Å². The number of fused-ring (bicyclic) bond motifs is 1. The van der Waals surface area contributed by atoms with Crippen molar-refractivity contribution < 1.29 is 9.90 Å². The quantitative estimate of drug-likeness (QED) is 0.933. The third kappa shape index (κ3) is 2.78. The van der Waals surface area contributed by atoms with E-state index in [4.69, 9.17) is 0 Å². The topological polar surface area (TPSA) is 56.7 Å². The molecule has 4 rings (SSSR count). The van der Waals surface area contributed by atoms with Crippen LogP contribution in [0, 0.1) is 18.8 Å². The average molecular weight is 337 g/mol. The number of pyridine rings is 1. The Morgan fingerprint density at radius 2 is 2.00 bits per heavy atom. The maximum absolute atomic E-state index is 11.2. The Kier molecular flexibility index (Phi) is 3.96. The molecule has 2 fully saturated rings. The molecule has 1 aromatic heterocycles. The third-order valence-corrected chi connectivity index (χ3v) is 5.73. The number of likely N-dealkylation sites (tertiary alicyclic amines) is 1. The summed E-state index contributed by atoms with van der Waals surface area (Å²) in [6.07, 6.45) is 1.60. The first-order valence-corrected chi connectivity index (χ1v) is 8.74. The molecule has 0 aliphatic carbocycles. The van der Waals surface area contributed by atoms with E-state index in [9.17, 15) is 9.90 Å². The Morgan fingerprint density at radius 3 is 2.76 bits per heavy atom. The largest absolute Gasteiger partial charge is 0.477 e. The highest BCUT2D eigenvalue weighted by atomic mass is 16.4. The molecule has 2 saturated heterocycles. The lowest BCUT2D eigenvalue weighted by Crippen LogP contribution is -2.29. The fourth-order valence-corrected chi connectivity index (χ4v) is 4.59. The highest BCUT2D eigenvalue weighted by molar-refractivity contribution is 5.86. The molecule has 0 saturated carbocycles. The van der Waals surface area contributed by atoms with Gasteiger partial charge in [-0.05, 0) is 43.1 Å². The number of aromatic nitrogens is 1. The Balaban J connectivity index is 1.60. The summed E-state index contributed by atoms with van der Waals surface area (Å²) in [5.41, 5.74) is 3.84. The number of benzene rings is 1. The summed E-state index contributed by atoms with van der Waals surface area (Å²) in [4.78, 5) is 19.9. The van der Waals surface area contributed by atoms with Gasteiger partial charge in [-0.1, -0.05) is 24.3 Å². The Bertz CT molecular complexity index is 807. The number of hydrogen-bond acceptors (Lipinski definition) is 4. The Hall–Kier alpha value is -2.40. The van der Waals surface area contributed by atoms with E-state index in [1.54, 1.807) is 12.3 Å². The molecule has 130 valence electrons. The first-order valence-electron chi connectivity index (χ1n) is 8.74. The standard InChI is InChI=1S/C20H23N3O2/c1-13-5-3-4-6-16(13)19-17-12-23(11-14(17)10-22(19)2)15-7-8-21-18(9-15)20(24)25/h3-9,14,17,19H,10-12H2,1-2H3,(H,24,25)/t14-,17+,19-/m0/s1. The minimum atomic E-state index is -0.973. The molecule has 0 radical (unpaired) electrons. The Morgan fingerprint density at radius 1 is 1.20 bits per heavy atom. The van der Waals surface area contributed by atoms with Crippen molar-refractivity contribution in [2.75, 3.05) is 31.6 Å². The van der Waals surface area contributed by atoms with E-state index in [1.807, 2.05) is 6.07 Å². The van der Waals surface area contributed by atoms with E-state index >= 15 is 0 Å². The van der Waals surface area contributed by atoms with Crippen LogP contribution in [0.5, 0.6) is 0 Å². The van der Waals surface area contributed by atoms with Gasteiger partial charge in [-0.3, -0.25) is 4.90 Å². The van der Waals surface area contributed by atoms with Gasteiger partial charge in [-0.15, -0.1) is 0 Å². The lowest BCUT2D eigenvalue weighted by atomic mass is 9.88. The van der Waals surface area contributed by atoms with Crippen molar-refractivity contribution in [3.8, 4) is 0 Å². The summed E-state index contributed by atoms with van der Waals surface area (Å²) in [5.74, 6) is 0.197. The van der Waals surface area contributed by atoms with E-state index in [1.165, 1.54) is 11.1 Å². The van der Waals surface area contributed by atoms with Crippen molar-refractivity contribution in [1.29, 1.82) is 0 Å². The molecule has 0 unspecified atom stereocenters. The number of aromatic carboxylic acids is 1. The minimum absolute atomic E-state index is 0.113. The van der Waals surface area contributed by atoms with Crippen molar-refractivity contribution in [3.05, 3.63) is 59.4 Å². The molecule has 5 heteroatoms. The number of carboxylic acid groups (broad SMARTS) is 1. The van der Waals surface area contributed by atoms with Crippen molar-refractivity contribution in [3.63, 3.8) is 0 Å². The fraction of sp³-hybridized carbons (Fsp3) is 0.400. The van der Waals surface area contributed by atoms with Crippen molar-refractivity contribution in [2.45, 2.75) is 13.0 Å². The normalized spacial score (nSPS) is 26.0. The summed E-state index contributed by atoms with van der Waals surface area (Å²) in [6, 6.07) is 12.7. The van der Waals surface area contributed by atoms with Gasteiger partial charge in [0.2, 0.25) is 0 Å². The zero-order chi connectivity index (χ0) is 17.6. The van der Waals surface area contributed by atoms with E-state index in [0.717, 1.165) is 25.3 Å². The number of nitrogens with zero attached hydrogens (tertiary/aromatic N) is 3. The number of hydrogen-bond donors (Lipinski definition) is 1. The molecular weight excluding hydrogens is 314 g/mol. The molecular formula is C20H23N3O2. The van der Waals surface area contributed by atoms with Crippen LogP contribution in [0.4, 0.5) is 5.69 Å². The van der Waals surface area contributed by atoms with E-state index < -0.39 is 5.97 Å². The van der Waals surface area contributed by atoms with E-state index in [0.29, 0.717) is 17.9 Å². The van der Waals surface area contributed by atoms with Gasteiger partial charge in [0.05, 0.1) is 0 Å². The van der Waals surface area contributed by atoms with Crippen LogP contribution in [0.3, 0.4) is 0 Å². The van der Waals surface area contributed by atoms with Crippen LogP contribution < -0.4 is 4.90 Å². The molecule has 25 heavy (non-hydrogen) atoms. The average Bonchev–Trinajstić information content (AvgIpc) is 3.12. The molecule has 5 nitrogen and oxygen atoms in total. The first-order chi connectivity index (χ1) is 12.0. The molecule has 2 aliphatic heterocycles. The summed E-state index contributed by atoms with van der Waals surface area (Å²) in [5, 5.41) is 9.18. The van der Waals surface area contributed by atoms with Gasteiger partial charge in [0, 0.05) is 43.5 Å². The van der Waals surface area contributed by atoms with Gasteiger partial charge >= 0.3 is 5.97 Å². The summed E-state index contributed by atoms with van der Waals surface area (Å²) >= 11 is 0. The number of carbonyl (C=O) groups is 1. The molecule has 2 aromatic rings. The second-order valence-corrected chi connectivity index (χ2v) is 7.27. The maximum Gasteiger partial charge on any atom is 0.354 e. The zero-order valence-electron chi connectivity index (χ0n) is 14.6. The van der Waals surface area contributed by atoms with Crippen LogP contribution in [0.1, 0.15) is 27.7 Å².